The largest absolute Gasteiger partial charge is 0.460 e. The SMILES string of the molecule is CC(C)(C)c1ccc(-c2ccc(-c3cc4c(o3)C4(C)C)c3nc(-c4ccccc4)c(-c4ccccc4)nc23)o1. The highest BCUT2D eigenvalue weighted by atomic mass is 16.4. The number of hydrogen-bond donors (Lipinski definition) is 0. The van der Waals surface area contributed by atoms with Crippen LogP contribution in [-0.2, 0) is 10.8 Å². The summed E-state index contributed by atoms with van der Waals surface area (Å²) < 4.78 is 12.7. The molecule has 6 aromatic rings. The molecule has 0 N–H and O–H groups in total. The van der Waals surface area contributed by atoms with Crippen LogP contribution in [0.2, 0.25) is 0 Å². The van der Waals surface area contributed by atoms with Gasteiger partial charge in [-0.3, -0.25) is 0 Å². The van der Waals surface area contributed by atoms with Crippen molar-refractivity contribution in [3.05, 3.63) is 108 Å². The van der Waals surface area contributed by atoms with Crippen molar-refractivity contribution in [3.8, 4) is 45.2 Å². The summed E-state index contributed by atoms with van der Waals surface area (Å²) in [4.78, 5) is 10.7. The highest BCUT2D eigenvalue weighted by Crippen LogP contribution is 2.53. The molecule has 0 saturated carbocycles. The third-order valence-electron chi connectivity index (χ3n) is 7.70. The lowest BCUT2D eigenvalue weighted by Gasteiger charge is -2.16. The standard InChI is InChI=1S/C35H30N2O2/c1-34(2,3)28-19-18-26(38-28)23-16-17-24(27-20-25-33(39-27)35(25,4)5)32-31(23)36-29(21-12-8-6-9-13-21)30(37-32)22-14-10-7-11-15-22/h6-20H,1-5H3. The molecule has 1 aliphatic carbocycles. The first-order valence-corrected chi connectivity index (χ1v) is 13.4. The fourth-order valence-corrected chi connectivity index (χ4v) is 5.31. The number of fused-ring (bicyclic) bond motifs is 2. The van der Waals surface area contributed by atoms with E-state index in [1.807, 2.05) is 42.5 Å². The topological polar surface area (TPSA) is 52.1 Å². The third-order valence-corrected chi connectivity index (χ3v) is 7.70. The number of hydrogen-bond acceptors (Lipinski definition) is 4. The molecule has 3 heterocycles. The van der Waals surface area contributed by atoms with Crippen LogP contribution >= 0.6 is 0 Å². The van der Waals surface area contributed by atoms with Gasteiger partial charge in [0.05, 0.1) is 16.8 Å². The summed E-state index contributed by atoms with van der Waals surface area (Å²) in [6, 6.07) is 31.0. The molecular weight excluding hydrogens is 480 g/mol. The van der Waals surface area contributed by atoms with Gasteiger partial charge in [-0.25, -0.2) is 9.97 Å². The minimum absolute atomic E-state index is 0.0259. The monoisotopic (exact) mass is 510 g/mol. The van der Waals surface area contributed by atoms with E-state index in [0.29, 0.717) is 0 Å². The second-order valence-corrected chi connectivity index (χ2v) is 11.9. The number of aromatic nitrogens is 2. The van der Waals surface area contributed by atoms with Gasteiger partial charge in [-0.15, -0.1) is 0 Å². The minimum Gasteiger partial charge on any atom is -0.460 e. The van der Waals surface area contributed by atoms with E-state index in [-0.39, 0.29) is 10.8 Å². The van der Waals surface area contributed by atoms with E-state index in [0.717, 1.165) is 67.7 Å². The van der Waals surface area contributed by atoms with Crippen molar-refractivity contribution in [2.24, 2.45) is 0 Å². The smallest absolute Gasteiger partial charge is 0.136 e. The summed E-state index contributed by atoms with van der Waals surface area (Å²) in [5, 5.41) is 0. The van der Waals surface area contributed by atoms with Crippen molar-refractivity contribution < 1.29 is 8.83 Å². The van der Waals surface area contributed by atoms with Crippen LogP contribution in [0.15, 0.2) is 99.8 Å². The molecule has 0 bridgehead atoms. The molecule has 192 valence electrons. The Morgan fingerprint density at radius 1 is 0.615 bits per heavy atom. The Labute approximate surface area is 228 Å². The van der Waals surface area contributed by atoms with Gasteiger partial charge in [0.2, 0.25) is 0 Å². The summed E-state index contributed by atoms with van der Waals surface area (Å²) in [6.07, 6.45) is 0. The molecule has 0 unspecified atom stereocenters. The lowest BCUT2D eigenvalue weighted by Crippen LogP contribution is -2.08. The van der Waals surface area contributed by atoms with Crippen LogP contribution in [-0.4, -0.2) is 9.97 Å². The summed E-state index contributed by atoms with van der Waals surface area (Å²) in [7, 11) is 0. The van der Waals surface area contributed by atoms with Gasteiger partial charge in [0.15, 0.2) is 0 Å². The molecule has 0 fully saturated rings. The molecule has 0 radical (unpaired) electrons. The van der Waals surface area contributed by atoms with E-state index >= 15 is 0 Å². The van der Waals surface area contributed by atoms with Crippen LogP contribution in [0.5, 0.6) is 0 Å². The Bertz CT molecular complexity index is 1830. The highest BCUT2D eigenvalue weighted by Gasteiger charge is 2.47. The average molecular weight is 511 g/mol. The van der Waals surface area contributed by atoms with E-state index in [2.05, 4.69) is 83.1 Å². The van der Waals surface area contributed by atoms with Crippen LogP contribution < -0.4 is 0 Å². The molecule has 0 aliphatic heterocycles. The predicted octanol–water partition coefficient (Wildman–Crippen LogP) is 9.42. The van der Waals surface area contributed by atoms with Crippen molar-refractivity contribution in [1.82, 2.24) is 9.97 Å². The molecule has 4 heteroatoms. The van der Waals surface area contributed by atoms with Gasteiger partial charge in [0, 0.05) is 33.2 Å². The first-order valence-electron chi connectivity index (χ1n) is 13.4. The van der Waals surface area contributed by atoms with Crippen LogP contribution in [0, 0.1) is 0 Å². The molecule has 39 heavy (non-hydrogen) atoms. The average Bonchev–Trinajstić information content (AvgIpc) is 3.40. The summed E-state index contributed by atoms with van der Waals surface area (Å²) in [5.41, 5.74) is 8.33. The molecule has 3 aromatic carbocycles. The molecule has 3 aromatic heterocycles. The van der Waals surface area contributed by atoms with E-state index in [1.165, 1.54) is 5.56 Å². The molecule has 0 saturated heterocycles. The Hall–Kier alpha value is -4.44. The van der Waals surface area contributed by atoms with Crippen LogP contribution in [0.25, 0.3) is 56.2 Å². The maximum absolute atomic E-state index is 6.40. The Morgan fingerprint density at radius 2 is 1.15 bits per heavy atom. The zero-order chi connectivity index (χ0) is 26.9. The minimum atomic E-state index is -0.0971. The van der Waals surface area contributed by atoms with E-state index < -0.39 is 0 Å². The Balaban J connectivity index is 1.53. The van der Waals surface area contributed by atoms with Gasteiger partial charge in [-0.2, -0.15) is 0 Å². The molecule has 0 amide bonds. The van der Waals surface area contributed by atoms with Crippen molar-refractivity contribution in [1.29, 1.82) is 0 Å². The number of nitrogens with zero attached hydrogens (tertiary/aromatic N) is 2. The zero-order valence-corrected chi connectivity index (χ0v) is 22.9. The summed E-state index contributed by atoms with van der Waals surface area (Å²) in [5.74, 6) is 3.59. The van der Waals surface area contributed by atoms with Gasteiger partial charge in [-0.1, -0.05) is 81.4 Å². The fraction of sp³-hybridized carbons (Fsp3) is 0.200. The number of rotatable bonds is 4. The van der Waals surface area contributed by atoms with Gasteiger partial charge in [0.25, 0.3) is 0 Å². The lowest BCUT2D eigenvalue weighted by atomic mass is 9.94. The quantitative estimate of drug-likeness (QED) is 0.237. The highest BCUT2D eigenvalue weighted by molar-refractivity contribution is 6.01. The fourth-order valence-electron chi connectivity index (χ4n) is 5.31. The van der Waals surface area contributed by atoms with Crippen molar-refractivity contribution >= 4 is 11.0 Å². The normalized spacial score (nSPS) is 14.0. The van der Waals surface area contributed by atoms with Gasteiger partial charge in [0.1, 0.15) is 34.1 Å². The third kappa shape index (κ3) is 3.82. The Kier molecular flexibility index (Phi) is 5.02. The molecule has 4 nitrogen and oxygen atoms in total. The predicted molar refractivity (Wildman–Crippen MR) is 157 cm³/mol. The van der Waals surface area contributed by atoms with Crippen molar-refractivity contribution in [2.75, 3.05) is 0 Å². The van der Waals surface area contributed by atoms with Crippen LogP contribution in [0.1, 0.15) is 51.7 Å². The van der Waals surface area contributed by atoms with E-state index in [1.54, 1.807) is 0 Å². The molecule has 0 atom stereocenters. The number of benzene rings is 3. The van der Waals surface area contributed by atoms with E-state index in [4.69, 9.17) is 18.8 Å². The molecule has 0 spiro atoms. The first kappa shape index (κ1) is 23.7. The molecule has 7 rings (SSSR count). The maximum atomic E-state index is 6.40. The molecular formula is C35H30N2O2. The summed E-state index contributed by atoms with van der Waals surface area (Å²) in [6.45, 7) is 10.8. The molecule has 1 aliphatic rings. The first-order chi connectivity index (χ1) is 18.7. The van der Waals surface area contributed by atoms with Crippen LogP contribution in [0.4, 0.5) is 0 Å². The maximum Gasteiger partial charge on any atom is 0.136 e. The van der Waals surface area contributed by atoms with Crippen LogP contribution in [0.3, 0.4) is 0 Å². The second-order valence-electron chi connectivity index (χ2n) is 11.9. The van der Waals surface area contributed by atoms with Crippen molar-refractivity contribution in [3.63, 3.8) is 0 Å². The zero-order valence-electron chi connectivity index (χ0n) is 22.9. The van der Waals surface area contributed by atoms with Crippen molar-refractivity contribution in [2.45, 2.75) is 45.4 Å². The number of furan rings is 2. The second kappa shape index (κ2) is 8.28. The van der Waals surface area contributed by atoms with E-state index in [9.17, 15) is 0 Å². The Morgan fingerprint density at radius 3 is 1.62 bits per heavy atom. The summed E-state index contributed by atoms with van der Waals surface area (Å²) >= 11 is 0. The lowest BCUT2D eigenvalue weighted by molar-refractivity contribution is 0.417. The van der Waals surface area contributed by atoms with Gasteiger partial charge < -0.3 is 8.83 Å². The van der Waals surface area contributed by atoms with Gasteiger partial charge in [-0.05, 0) is 44.2 Å². The van der Waals surface area contributed by atoms with Gasteiger partial charge >= 0.3 is 0 Å².